The number of hydrogen-bond donors (Lipinski definition) is 0. The van der Waals surface area contributed by atoms with Gasteiger partial charge >= 0.3 is 5.51 Å². The smallest absolute Gasteiger partial charge is 0.338 e. The Morgan fingerprint density at radius 1 is 1.25 bits per heavy atom. The number of nitrogens with zero attached hydrogens (tertiary/aromatic N) is 1. The lowest BCUT2D eigenvalue weighted by Crippen LogP contribution is -2.34. The first-order valence-electron chi connectivity index (χ1n) is 5.81. The maximum Gasteiger partial charge on any atom is 0.501 e. The maximum atomic E-state index is 12.5. The summed E-state index contributed by atoms with van der Waals surface area (Å²) in [6.07, 6.45) is 0.501. The van der Waals surface area contributed by atoms with Crippen molar-refractivity contribution in [2.45, 2.75) is 30.3 Å². The predicted molar refractivity (Wildman–Crippen MR) is 64.5 cm³/mol. The van der Waals surface area contributed by atoms with Crippen molar-refractivity contribution < 1.29 is 26.4 Å². The molecule has 1 heterocycles. The van der Waals surface area contributed by atoms with E-state index in [-0.39, 0.29) is 12.5 Å². The third-order valence-corrected chi connectivity index (χ3v) is 4.73. The van der Waals surface area contributed by atoms with Crippen LogP contribution in [-0.4, -0.2) is 31.3 Å². The highest BCUT2D eigenvalue weighted by molar-refractivity contribution is 7.92. The van der Waals surface area contributed by atoms with E-state index in [4.69, 9.17) is 0 Å². The van der Waals surface area contributed by atoms with E-state index >= 15 is 0 Å². The Morgan fingerprint density at radius 3 is 2.45 bits per heavy atom. The van der Waals surface area contributed by atoms with Crippen molar-refractivity contribution in [2.75, 3.05) is 6.54 Å². The van der Waals surface area contributed by atoms with Gasteiger partial charge in [-0.25, -0.2) is 8.42 Å². The molecule has 1 aromatic carbocycles. The Labute approximate surface area is 114 Å². The minimum absolute atomic E-state index is 0.131. The molecule has 0 aliphatic carbocycles. The van der Waals surface area contributed by atoms with E-state index in [1.54, 1.807) is 0 Å². The van der Waals surface area contributed by atoms with E-state index in [1.165, 1.54) is 17.9 Å². The molecular weight excluding hydrogens is 295 g/mol. The quantitative estimate of drug-likeness (QED) is 0.796. The molecule has 0 saturated carbocycles. The minimum Gasteiger partial charge on any atom is -0.338 e. The molecule has 1 aliphatic heterocycles. The second-order valence-electron chi connectivity index (χ2n) is 4.57. The molecule has 20 heavy (non-hydrogen) atoms. The van der Waals surface area contributed by atoms with Crippen LogP contribution in [0.15, 0.2) is 23.1 Å². The van der Waals surface area contributed by atoms with Crippen LogP contribution in [0.5, 0.6) is 0 Å². The van der Waals surface area contributed by atoms with Crippen LogP contribution in [0.1, 0.15) is 18.1 Å². The molecule has 1 aliphatic rings. The molecule has 1 amide bonds. The molecule has 0 saturated heterocycles. The van der Waals surface area contributed by atoms with Crippen molar-refractivity contribution in [1.82, 2.24) is 4.90 Å². The summed E-state index contributed by atoms with van der Waals surface area (Å²) in [5, 5.41) is 0. The van der Waals surface area contributed by atoms with Gasteiger partial charge in [0.1, 0.15) is 0 Å². The lowest BCUT2D eigenvalue weighted by atomic mass is 10.00. The number of halogens is 3. The van der Waals surface area contributed by atoms with Gasteiger partial charge in [0.15, 0.2) is 0 Å². The Kier molecular flexibility index (Phi) is 3.53. The highest BCUT2D eigenvalue weighted by Gasteiger charge is 2.47. The van der Waals surface area contributed by atoms with Crippen LogP contribution < -0.4 is 0 Å². The van der Waals surface area contributed by atoms with E-state index in [9.17, 15) is 26.4 Å². The van der Waals surface area contributed by atoms with Crippen LogP contribution in [0, 0.1) is 0 Å². The van der Waals surface area contributed by atoms with Crippen molar-refractivity contribution in [3.05, 3.63) is 29.3 Å². The topological polar surface area (TPSA) is 54.5 Å². The van der Waals surface area contributed by atoms with Gasteiger partial charge in [-0.1, -0.05) is 6.07 Å². The Morgan fingerprint density at radius 2 is 1.90 bits per heavy atom. The summed E-state index contributed by atoms with van der Waals surface area (Å²) >= 11 is 0. The number of amides is 1. The molecule has 0 unspecified atom stereocenters. The maximum absolute atomic E-state index is 12.5. The molecule has 0 radical (unpaired) electrons. The summed E-state index contributed by atoms with van der Waals surface area (Å²) in [4.78, 5) is 12.0. The van der Waals surface area contributed by atoms with E-state index in [0.29, 0.717) is 18.5 Å². The summed E-state index contributed by atoms with van der Waals surface area (Å²) in [6.45, 7) is 1.97. The van der Waals surface area contributed by atoms with Crippen LogP contribution in [0.25, 0.3) is 0 Å². The fourth-order valence-corrected chi connectivity index (χ4v) is 2.91. The van der Waals surface area contributed by atoms with Gasteiger partial charge in [0.25, 0.3) is 9.84 Å². The molecule has 4 nitrogen and oxygen atoms in total. The zero-order valence-corrected chi connectivity index (χ0v) is 11.4. The minimum atomic E-state index is -5.35. The number of alkyl halides is 3. The van der Waals surface area contributed by atoms with Crippen molar-refractivity contribution in [2.24, 2.45) is 0 Å². The van der Waals surface area contributed by atoms with Gasteiger partial charge in [0, 0.05) is 20.0 Å². The Bertz CT molecular complexity index is 652. The number of rotatable bonds is 1. The number of carbonyl (C=O) groups is 1. The van der Waals surface area contributed by atoms with Crippen molar-refractivity contribution in [3.63, 3.8) is 0 Å². The second kappa shape index (κ2) is 4.76. The largest absolute Gasteiger partial charge is 0.501 e. The van der Waals surface area contributed by atoms with E-state index < -0.39 is 20.2 Å². The summed E-state index contributed by atoms with van der Waals surface area (Å²) < 4.78 is 60.2. The lowest BCUT2D eigenvalue weighted by molar-refractivity contribution is -0.129. The van der Waals surface area contributed by atoms with Gasteiger partial charge in [-0.3, -0.25) is 4.79 Å². The van der Waals surface area contributed by atoms with E-state index in [0.717, 1.165) is 17.7 Å². The number of carbonyl (C=O) groups excluding carboxylic acids is 1. The molecule has 110 valence electrons. The Balaban J connectivity index is 2.43. The summed E-state index contributed by atoms with van der Waals surface area (Å²) in [5.41, 5.74) is -4.11. The molecule has 0 atom stereocenters. The van der Waals surface area contributed by atoms with Crippen LogP contribution in [0.2, 0.25) is 0 Å². The zero-order valence-electron chi connectivity index (χ0n) is 10.6. The molecule has 8 heteroatoms. The van der Waals surface area contributed by atoms with E-state index in [2.05, 4.69) is 0 Å². The number of fused-ring (bicyclic) bond motifs is 1. The average Bonchev–Trinajstić information content (AvgIpc) is 2.35. The lowest BCUT2D eigenvalue weighted by Gasteiger charge is -2.28. The molecular formula is C12H12F3NO3S. The van der Waals surface area contributed by atoms with Gasteiger partial charge in [-0.2, -0.15) is 13.2 Å². The van der Waals surface area contributed by atoms with Crippen molar-refractivity contribution in [3.8, 4) is 0 Å². The predicted octanol–water partition coefficient (Wildman–Crippen LogP) is 1.88. The number of hydrogen-bond acceptors (Lipinski definition) is 3. The first-order valence-corrected chi connectivity index (χ1v) is 7.30. The standard InChI is InChI=1S/C12H12F3NO3S/c1-8(17)16-5-4-9-2-3-11(6-10(9)7-16)20(18,19)12(13,14)15/h2-3,6H,4-5,7H2,1H3. The van der Waals surface area contributed by atoms with Gasteiger partial charge in [-0.15, -0.1) is 0 Å². The fraction of sp³-hybridized carbons (Fsp3) is 0.417. The monoisotopic (exact) mass is 307 g/mol. The third-order valence-electron chi connectivity index (χ3n) is 3.25. The zero-order chi connectivity index (χ0) is 15.1. The molecule has 0 bridgehead atoms. The molecule has 0 spiro atoms. The molecule has 0 fully saturated rings. The first kappa shape index (κ1) is 14.8. The SMILES string of the molecule is CC(=O)N1CCc2ccc(S(=O)(=O)C(F)(F)F)cc2C1. The molecule has 0 N–H and O–H groups in total. The summed E-state index contributed by atoms with van der Waals surface area (Å²) in [6, 6.07) is 3.35. The van der Waals surface area contributed by atoms with Gasteiger partial charge in [0.05, 0.1) is 4.90 Å². The summed E-state index contributed by atoms with van der Waals surface area (Å²) in [7, 11) is -5.35. The van der Waals surface area contributed by atoms with Crippen LogP contribution >= 0.6 is 0 Å². The summed E-state index contributed by atoms with van der Waals surface area (Å²) in [5.74, 6) is -0.195. The van der Waals surface area contributed by atoms with Crippen molar-refractivity contribution in [1.29, 1.82) is 0 Å². The van der Waals surface area contributed by atoms with Gasteiger partial charge < -0.3 is 4.90 Å². The highest BCUT2D eigenvalue weighted by Crippen LogP contribution is 2.32. The average molecular weight is 307 g/mol. The van der Waals surface area contributed by atoms with Crippen molar-refractivity contribution >= 4 is 15.7 Å². The van der Waals surface area contributed by atoms with Gasteiger partial charge in [0.2, 0.25) is 5.91 Å². The van der Waals surface area contributed by atoms with E-state index in [1.807, 2.05) is 0 Å². The third kappa shape index (κ3) is 2.52. The fourth-order valence-electron chi connectivity index (χ4n) is 2.10. The molecule has 1 aromatic rings. The highest BCUT2D eigenvalue weighted by atomic mass is 32.2. The van der Waals surface area contributed by atoms with Gasteiger partial charge in [-0.05, 0) is 29.7 Å². The first-order chi connectivity index (χ1) is 9.13. The number of sulfone groups is 1. The molecule has 0 aromatic heterocycles. The van der Waals surface area contributed by atoms with Crippen LogP contribution in [0.4, 0.5) is 13.2 Å². The number of benzene rings is 1. The molecule has 2 rings (SSSR count). The Hall–Kier alpha value is -1.57. The second-order valence-corrected chi connectivity index (χ2v) is 6.51. The van der Waals surface area contributed by atoms with Crippen LogP contribution in [0.3, 0.4) is 0 Å². The normalized spacial score (nSPS) is 15.9. The van der Waals surface area contributed by atoms with Crippen LogP contribution in [-0.2, 0) is 27.6 Å².